The van der Waals surface area contributed by atoms with E-state index >= 15 is 0 Å². The molecule has 0 aliphatic rings. The minimum absolute atomic E-state index is 0.374. The molecule has 0 aliphatic carbocycles. The molecule has 0 bridgehead atoms. The van der Waals surface area contributed by atoms with E-state index in [1.807, 2.05) is 0 Å². The number of carbonyl (C=O) groups is 1. The summed E-state index contributed by atoms with van der Waals surface area (Å²) in [5.74, 6) is -0.466. The van der Waals surface area contributed by atoms with Crippen LogP contribution in [0.2, 0.25) is 0 Å². The molecule has 5 nitrogen and oxygen atoms in total. The summed E-state index contributed by atoms with van der Waals surface area (Å²) in [5.41, 5.74) is 0. The van der Waals surface area contributed by atoms with Crippen LogP contribution in [-0.2, 0) is 9.53 Å². The number of ether oxygens (including phenoxy) is 1. The van der Waals surface area contributed by atoms with Gasteiger partial charge in [0.1, 0.15) is 0 Å². The van der Waals surface area contributed by atoms with Gasteiger partial charge in [-0.15, -0.1) is 0 Å². The van der Waals surface area contributed by atoms with E-state index in [4.69, 9.17) is 4.74 Å². The van der Waals surface area contributed by atoms with Crippen LogP contribution in [0.5, 0.6) is 0 Å². The van der Waals surface area contributed by atoms with Crippen LogP contribution in [0.1, 0.15) is 33.6 Å². The lowest BCUT2D eigenvalue weighted by Gasteiger charge is -2.17. The molecule has 0 spiro atoms. The van der Waals surface area contributed by atoms with Crippen molar-refractivity contribution in [2.24, 2.45) is 0 Å². The lowest BCUT2D eigenvalue weighted by atomic mass is 10.1. The van der Waals surface area contributed by atoms with Crippen LogP contribution >= 0.6 is 0 Å². The highest BCUT2D eigenvalue weighted by Crippen LogP contribution is 2.11. The summed E-state index contributed by atoms with van der Waals surface area (Å²) in [6, 6.07) is -0.783. The Hall–Kier alpha value is -1.13. The van der Waals surface area contributed by atoms with Crippen molar-refractivity contribution >= 4 is 5.97 Å². The Bertz CT molecular complexity index is 193. The fourth-order valence-electron chi connectivity index (χ4n) is 1.19. The third kappa shape index (κ3) is 3.87. The van der Waals surface area contributed by atoms with Crippen molar-refractivity contribution in [3.8, 4) is 0 Å². The number of esters is 1. The monoisotopic (exact) mass is 189 g/mol. The van der Waals surface area contributed by atoms with Gasteiger partial charge in [-0.2, -0.15) is 0 Å². The Morgan fingerprint density at radius 1 is 1.46 bits per heavy atom. The van der Waals surface area contributed by atoms with Crippen molar-refractivity contribution in [1.29, 1.82) is 0 Å². The second-order valence-corrected chi connectivity index (χ2v) is 2.82. The largest absolute Gasteiger partial charge is 0.455 e. The van der Waals surface area contributed by atoms with Crippen LogP contribution in [0.3, 0.4) is 0 Å². The minimum atomic E-state index is -0.783. The van der Waals surface area contributed by atoms with E-state index in [9.17, 15) is 14.9 Å². The van der Waals surface area contributed by atoms with Gasteiger partial charge >= 0.3 is 5.97 Å². The Morgan fingerprint density at radius 3 is 2.23 bits per heavy atom. The zero-order valence-corrected chi connectivity index (χ0v) is 8.15. The first-order chi connectivity index (χ1) is 6.02. The molecule has 0 saturated heterocycles. The molecule has 5 heteroatoms. The average Bonchev–Trinajstić information content (AvgIpc) is 2.02. The van der Waals surface area contributed by atoms with Gasteiger partial charge in [0, 0.05) is 18.3 Å². The number of hydrogen-bond donors (Lipinski definition) is 0. The maximum atomic E-state index is 10.6. The Balaban J connectivity index is 4.33. The molecular weight excluding hydrogens is 174 g/mol. The molecule has 0 amide bonds. The maximum Gasteiger partial charge on any atom is 0.303 e. The second kappa shape index (κ2) is 5.50. The lowest BCUT2D eigenvalue weighted by Crippen LogP contribution is -2.35. The quantitative estimate of drug-likeness (QED) is 0.372. The molecule has 0 aromatic rings. The Kier molecular flexibility index (Phi) is 5.03. The van der Waals surface area contributed by atoms with Gasteiger partial charge in [0.2, 0.25) is 6.04 Å². The van der Waals surface area contributed by atoms with Gasteiger partial charge < -0.3 is 4.74 Å². The van der Waals surface area contributed by atoms with Gasteiger partial charge in [0.25, 0.3) is 0 Å². The van der Waals surface area contributed by atoms with Gasteiger partial charge in [0.05, 0.1) is 0 Å². The summed E-state index contributed by atoms with van der Waals surface area (Å²) in [7, 11) is 0. The predicted molar refractivity (Wildman–Crippen MR) is 46.9 cm³/mol. The first-order valence-electron chi connectivity index (χ1n) is 4.33. The summed E-state index contributed by atoms with van der Waals surface area (Å²) in [6.45, 7) is 4.73. The Morgan fingerprint density at radius 2 is 2.00 bits per heavy atom. The molecule has 76 valence electrons. The summed E-state index contributed by atoms with van der Waals surface area (Å²) in [6.07, 6.45) is 0.246. The van der Waals surface area contributed by atoms with Crippen LogP contribution in [0.15, 0.2) is 0 Å². The third-order valence-electron chi connectivity index (χ3n) is 1.84. The minimum Gasteiger partial charge on any atom is -0.455 e. The summed E-state index contributed by atoms with van der Waals surface area (Å²) < 4.78 is 4.83. The summed E-state index contributed by atoms with van der Waals surface area (Å²) in [4.78, 5) is 20.7. The molecule has 0 heterocycles. The number of rotatable bonds is 5. The fourth-order valence-corrected chi connectivity index (χ4v) is 1.19. The standard InChI is InChI=1S/C8H15NO4/c1-4-7(9(11)12)8(5-2)13-6(3)10/h7-8H,4-5H2,1-3H3. The predicted octanol–water partition coefficient (Wildman–Crippen LogP) is 1.38. The highest BCUT2D eigenvalue weighted by Gasteiger charge is 2.30. The molecule has 0 aromatic heterocycles. The van der Waals surface area contributed by atoms with E-state index in [2.05, 4.69) is 0 Å². The van der Waals surface area contributed by atoms with E-state index in [-0.39, 0.29) is 0 Å². The zero-order chi connectivity index (χ0) is 10.4. The van der Waals surface area contributed by atoms with Crippen molar-refractivity contribution in [3.63, 3.8) is 0 Å². The number of nitrogens with zero attached hydrogens (tertiary/aromatic N) is 1. The zero-order valence-electron chi connectivity index (χ0n) is 8.15. The Labute approximate surface area is 77.2 Å². The van der Waals surface area contributed by atoms with Gasteiger partial charge in [-0.05, 0) is 6.42 Å². The molecule has 0 N–H and O–H groups in total. The van der Waals surface area contributed by atoms with Crippen LogP contribution in [-0.4, -0.2) is 23.0 Å². The summed E-state index contributed by atoms with van der Waals surface area (Å²) in [5, 5.41) is 10.5. The summed E-state index contributed by atoms with van der Waals surface area (Å²) >= 11 is 0. The van der Waals surface area contributed by atoms with Crippen molar-refractivity contribution in [2.75, 3.05) is 0 Å². The van der Waals surface area contributed by atoms with E-state index < -0.39 is 23.0 Å². The molecule has 2 unspecified atom stereocenters. The highest BCUT2D eigenvalue weighted by molar-refractivity contribution is 5.66. The first kappa shape index (κ1) is 11.9. The van der Waals surface area contributed by atoms with E-state index in [0.29, 0.717) is 12.8 Å². The van der Waals surface area contributed by atoms with Crippen molar-refractivity contribution in [1.82, 2.24) is 0 Å². The maximum absolute atomic E-state index is 10.6. The van der Waals surface area contributed by atoms with Crippen molar-refractivity contribution in [3.05, 3.63) is 10.1 Å². The molecule has 0 aromatic carbocycles. The molecule has 0 saturated carbocycles. The van der Waals surface area contributed by atoms with Crippen LogP contribution < -0.4 is 0 Å². The van der Waals surface area contributed by atoms with Gasteiger partial charge in [-0.3, -0.25) is 14.9 Å². The topological polar surface area (TPSA) is 69.4 Å². The van der Waals surface area contributed by atoms with Crippen LogP contribution in [0.25, 0.3) is 0 Å². The fraction of sp³-hybridized carbons (Fsp3) is 0.875. The average molecular weight is 189 g/mol. The molecular formula is C8H15NO4. The second-order valence-electron chi connectivity index (χ2n) is 2.82. The number of hydrogen-bond acceptors (Lipinski definition) is 4. The van der Waals surface area contributed by atoms with Crippen molar-refractivity contribution < 1.29 is 14.5 Å². The lowest BCUT2D eigenvalue weighted by molar-refractivity contribution is -0.534. The normalized spacial score (nSPS) is 14.7. The smallest absolute Gasteiger partial charge is 0.303 e. The molecule has 2 atom stereocenters. The molecule has 0 aliphatic heterocycles. The van der Waals surface area contributed by atoms with E-state index in [1.54, 1.807) is 13.8 Å². The molecule has 13 heavy (non-hydrogen) atoms. The van der Waals surface area contributed by atoms with Gasteiger partial charge in [-0.1, -0.05) is 13.8 Å². The van der Waals surface area contributed by atoms with Crippen molar-refractivity contribution in [2.45, 2.75) is 45.8 Å². The first-order valence-corrected chi connectivity index (χ1v) is 4.33. The van der Waals surface area contributed by atoms with Crippen LogP contribution in [0, 0.1) is 10.1 Å². The van der Waals surface area contributed by atoms with Gasteiger partial charge in [-0.25, -0.2) is 0 Å². The van der Waals surface area contributed by atoms with E-state index in [1.165, 1.54) is 6.92 Å². The highest BCUT2D eigenvalue weighted by atomic mass is 16.6. The SMILES string of the molecule is CCC(OC(C)=O)C(CC)[N+](=O)[O-]. The third-order valence-corrected chi connectivity index (χ3v) is 1.84. The van der Waals surface area contributed by atoms with E-state index in [0.717, 1.165) is 0 Å². The van der Waals surface area contributed by atoms with Crippen LogP contribution in [0.4, 0.5) is 0 Å². The molecule has 0 fully saturated rings. The number of nitro groups is 1. The number of carbonyl (C=O) groups excluding carboxylic acids is 1. The molecule has 0 radical (unpaired) electrons. The molecule has 0 rings (SSSR count). The van der Waals surface area contributed by atoms with Gasteiger partial charge in [0.15, 0.2) is 6.10 Å².